The summed E-state index contributed by atoms with van der Waals surface area (Å²) in [5.41, 5.74) is 2.99. The Morgan fingerprint density at radius 3 is 2.32 bits per heavy atom. The maximum absolute atomic E-state index is 12.7. The zero-order valence-electron chi connectivity index (χ0n) is 18.6. The fourth-order valence-electron chi connectivity index (χ4n) is 3.40. The van der Waals surface area contributed by atoms with Crippen LogP contribution in [0.15, 0.2) is 101 Å². The molecule has 3 N–H and O–H groups in total. The van der Waals surface area contributed by atoms with Crippen molar-refractivity contribution in [3.8, 4) is 0 Å². The molecule has 0 saturated carbocycles. The van der Waals surface area contributed by atoms with Gasteiger partial charge in [-0.25, -0.2) is 13.1 Å². The summed E-state index contributed by atoms with van der Waals surface area (Å²) in [5, 5.41) is 8.14. The summed E-state index contributed by atoms with van der Waals surface area (Å²) in [7, 11) is -3.74. The third kappa shape index (κ3) is 6.11. The van der Waals surface area contributed by atoms with Gasteiger partial charge in [0.05, 0.1) is 4.90 Å². The molecule has 34 heavy (non-hydrogen) atoms. The highest BCUT2D eigenvalue weighted by molar-refractivity contribution is 7.89. The quantitative estimate of drug-likeness (QED) is 0.282. The van der Waals surface area contributed by atoms with Gasteiger partial charge in [-0.05, 0) is 66.4 Å². The molecule has 0 radical (unpaired) electrons. The lowest BCUT2D eigenvalue weighted by Crippen LogP contribution is -2.23. The molecule has 1 amide bonds. The fourth-order valence-corrected chi connectivity index (χ4v) is 5.18. The standard InChI is InChI=1S/C26H25N3O3S2/c1-19(20-7-3-2-4-8-20)28-22-12-14-23(15-13-22)29-26(30)21-9-5-11-25(17-21)34(31,32)27-18-24-10-6-16-33-24/h2-17,19,27-28H,18H2,1H3,(H,29,30). The zero-order valence-corrected chi connectivity index (χ0v) is 20.2. The minimum atomic E-state index is -3.74. The normalized spacial score (nSPS) is 12.1. The summed E-state index contributed by atoms with van der Waals surface area (Å²) < 4.78 is 27.9. The average Bonchev–Trinajstić information content (AvgIpc) is 3.38. The highest BCUT2D eigenvalue weighted by atomic mass is 32.2. The third-order valence-corrected chi connectivity index (χ3v) is 7.52. The number of benzene rings is 3. The van der Waals surface area contributed by atoms with Crippen LogP contribution >= 0.6 is 11.3 Å². The Bertz CT molecular complexity index is 1340. The van der Waals surface area contributed by atoms with Gasteiger partial charge in [0.1, 0.15) is 0 Å². The molecule has 0 bridgehead atoms. The summed E-state index contributed by atoms with van der Waals surface area (Å²) in [5.74, 6) is -0.381. The summed E-state index contributed by atoms with van der Waals surface area (Å²) >= 11 is 1.48. The molecule has 6 nitrogen and oxygen atoms in total. The lowest BCUT2D eigenvalue weighted by atomic mass is 10.1. The summed E-state index contributed by atoms with van der Waals surface area (Å²) in [6.45, 7) is 2.29. The van der Waals surface area contributed by atoms with Gasteiger partial charge in [0.2, 0.25) is 10.0 Å². The molecule has 0 saturated heterocycles. The van der Waals surface area contributed by atoms with Gasteiger partial charge in [-0.3, -0.25) is 4.79 Å². The Morgan fingerprint density at radius 1 is 0.882 bits per heavy atom. The second kappa shape index (κ2) is 10.6. The molecule has 0 aliphatic rings. The summed E-state index contributed by atoms with van der Waals surface area (Å²) in [6, 6.07) is 27.4. The minimum Gasteiger partial charge on any atom is -0.379 e. The molecule has 1 aromatic heterocycles. The highest BCUT2D eigenvalue weighted by Crippen LogP contribution is 2.21. The van der Waals surface area contributed by atoms with Gasteiger partial charge in [0.15, 0.2) is 0 Å². The summed E-state index contributed by atoms with van der Waals surface area (Å²) in [6.07, 6.45) is 0. The molecule has 4 aromatic rings. The first-order valence-electron chi connectivity index (χ1n) is 10.8. The van der Waals surface area contributed by atoms with Crippen LogP contribution in [0.5, 0.6) is 0 Å². The molecular formula is C26H25N3O3S2. The van der Waals surface area contributed by atoms with E-state index in [2.05, 4.69) is 34.4 Å². The minimum absolute atomic E-state index is 0.0474. The van der Waals surface area contributed by atoms with E-state index in [0.29, 0.717) is 5.69 Å². The number of carbonyl (C=O) groups is 1. The number of nitrogens with one attached hydrogen (secondary N) is 3. The first-order chi connectivity index (χ1) is 16.4. The highest BCUT2D eigenvalue weighted by Gasteiger charge is 2.16. The van der Waals surface area contributed by atoms with E-state index in [4.69, 9.17) is 0 Å². The molecule has 0 fully saturated rings. The monoisotopic (exact) mass is 491 g/mol. The van der Waals surface area contributed by atoms with Crippen LogP contribution in [0.1, 0.15) is 33.8 Å². The lowest BCUT2D eigenvalue weighted by Gasteiger charge is -2.16. The Labute approximate surface area is 203 Å². The molecule has 1 heterocycles. The SMILES string of the molecule is CC(Nc1ccc(NC(=O)c2cccc(S(=O)(=O)NCc3cccs3)c2)cc1)c1ccccc1. The van der Waals surface area contributed by atoms with E-state index in [1.165, 1.54) is 29.0 Å². The van der Waals surface area contributed by atoms with Crippen LogP contribution in [-0.2, 0) is 16.6 Å². The smallest absolute Gasteiger partial charge is 0.255 e. The molecule has 1 unspecified atom stereocenters. The molecule has 0 aliphatic carbocycles. The van der Waals surface area contributed by atoms with E-state index in [1.807, 2.05) is 47.8 Å². The van der Waals surface area contributed by atoms with Crippen molar-refractivity contribution in [2.75, 3.05) is 10.6 Å². The van der Waals surface area contributed by atoms with Gasteiger partial charge in [-0.15, -0.1) is 11.3 Å². The number of sulfonamides is 1. The number of carbonyl (C=O) groups excluding carboxylic acids is 1. The van der Waals surface area contributed by atoms with Crippen molar-refractivity contribution in [2.24, 2.45) is 0 Å². The van der Waals surface area contributed by atoms with Crippen LogP contribution in [-0.4, -0.2) is 14.3 Å². The van der Waals surface area contributed by atoms with Crippen molar-refractivity contribution >= 4 is 38.6 Å². The van der Waals surface area contributed by atoms with Crippen LogP contribution in [0.4, 0.5) is 11.4 Å². The second-order valence-corrected chi connectivity index (χ2v) is 10.5. The van der Waals surface area contributed by atoms with Crippen LogP contribution in [0.25, 0.3) is 0 Å². The second-order valence-electron chi connectivity index (χ2n) is 7.74. The van der Waals surface area contributed by atoms with Crippen molar-refractivity contribution in [3.63, 3.8) is 0 Å². The zero-order chi connectivity index (χ0) is 24.0. The molecule has 1 atom stereocenters. The van der Waals surface area contributed by atoms with Gasteiger partial charge >= 0.3 is 0 Å². The van der Waals surface area contributed by atoms with E-state index in [9.17, 15) is 13.2 Å². The third-order valence-electron chi connectivity index (χ3n) is 5.25. The van der Waals surface area contributed by atoms with Crippen LogP contribution in [0.2, 0.25) is 0 Å². The largest absolute Gasteiger partial charge is 0.379 e. The predicted octanol–water partition coefficient (Wildman–Crippen LogP) is 5.65. The van der Waals surface area contributed by atoms with Crippen molar-refractivity contribution in [3.05, 3.63) is 112 Å². The van der Waals surface area contributed by atoms with Gasteiger partial charge in [0.25, 0.3) is 5.91 Å². The van der Waals surface area contributed by atoms with Crippen molar-refractivity contribution < 1.29 is 13.2 Å². The Balaban J connectivity index is 1.39. The number of amides is 1. The Hall–Kier alpha value is -3.46. The molecule has 8 heteroatoms. The van der Waals surface area contributed by atoms with Crippen molar-refractivity contribution in [2.45, 2.75) is 24.4 Å². The van der Waals surface area contributed by atoms with Crippen LogP contribution in [0, 0.1) is 0 Å². The molecule has 0 aliphatic heterocycles. The Morgan fingerprint density at radius 2 is 1.62 bits per heavy atom. The molecular weight excluding hydrogens is 466 g/mol. The van der Waals surface area contributed by atoms with Gasteiger partial charge in [-0.2, -0.15) is 0 Å². The predicted molar refractivity (Wildman–Crippen MR) is 138 cm³/mol. The number of rotatable bonds is 9. The van der Waals surface area contributed by atoms with Gasteiger partial charge in [-0.1, -0.05) is 42.5 Å². The van der Waals surface area contributed by atoms with Gasteiger partial charge in [0, 0.05) is 34.4 Å². The topological polar surface area (TPSA) is 87.3 Å². The molecule has 4 rings (SSSR count). The van der Waals surface area contributed by atoms with Crippen LogP contribution < -0.4 is 15.4 Å². The van der Waals surface area contributed by atoms with E-state index >= 15 is 0 Å². The fraction of sp³-hybridized carbons (Fsp3) is 0.115. The number of thiophene rings is 1. The van der Waals surface area contributed by atoms with Crippen molar-refractivity contribution in [1.29, 1.82) is 0 Å². The first-order valence-corrected chi connectivity index (χ1v) is 13.1. The van der Waals surface area contributed by atoms with E-state index < -0.39 is 10.0 Å². The molecule has 0 spiro atoms. The molecule has 174 valence electrons. The molecule has 3 aromatic carbocycles. The number of anilines is 2. The first kappa shape index (κ1) is 23.7. The van der Waals surface area contributed by atoms with E-state index in [1.54, 1.807) is 24.3 Å². The average molecular weight is 492 g/mol. The lowest BCUT2D eigenvalue weighted by molar-refractivity contribution is 0.102. The van der Waals surface area contributed by atoms with Gasteiger partial charge < -0.3 is 10.6 Å². The summed E-state index contributed by atoms with van der Waals surface area (Å²) in [4.78, 5) is 13.7. The number of hydrogen-bond donors (Lipinski definition) is 3. The Kier molecular flexibility index (Phi) is 7.42. The maximum atomic E-state index is 12.7. The van der Waals surface area contributed by atoms with E-state index in [-0.39, 0.29) is 29.0 Å². The van der Waals surface area contributed by atoms with E-state index in [0.717, 1.165) is 10.6 Å². The maximum Gasteiger partial charge on any atom is 0.255 e. The van der Waals surface area contributed by atoms with Crippen LogP contribution in [0.3, 0.4) is 0 Å². The van der Waals surface area contributed by atoms with Crippen molar-refractivity contribution in [1.82, 2.24) is 4.72 Å². The number of hydrogen-bond acceptors (Lipinski definition) is 5.